The summed E-state index contributed by atoms with van der Waals surface area (Å²) >= 11 is 7.56. The van der Waals surface area contributed by atoms with Gasteiger partial charge in [-0.15, -0.1) is 0 Å². The lowest BCUT2D eigenvalue weighted by Gasteiger charge is -2.10. The van der Waals surface area contributed by atoms with E-state index in [9.17, 15) is 0 Å². The molecule has 13 heavy (non-hydrogen) atoms. The van der Waals surface area contributed by atoms with Crippen LogP contribution in [0.4, 0.5) is 0 Å². The molecule has 0 aliphatic carbocycles. The molecule has 0 radical (unpaired) electrons. The molecule has 0 N–H and O–H groups in total. The number of rotatable bonds is 4. The molecule has 0 aliphatic heterocycles. The van der Waals surface area contributed by atoms with Crippen LogP contribution in [0.1, 0.15) is 6.92 Å². The topological polar surface area (TPSA) is 9.23 Å². The summed E-state index contributed by atoms with van der Waals surface area (Å²) in [5.74, 6) is 2.26. The van der Waals surface area contributed by atoms with Crippen molar-refractivity contribution in [3.05, 3.63) is 28.7 Å². The van der Waals surface area contributed by atoms with Crippen molar-refractivity contribution >= 4 is 28.6 Å². The number of thiol groups is 1. The summed E-state index contributed by atoms with van der Waals surface area (Å²) in [6.07, 6.45) is 0. The van der Waals surface area contributed by atoms with E-state index < -0.39 is 0 Å². The SMILES string of the molecule is CC(CS)COc1ccc(Br)cc1. The Morgan fingerprint density at radius 3 is 2.54 bits per heavy atom. The molecule has 0 spiro atoms. The summed E-state index contributed by atoms with van der Waals surface area (Å²) in [5.41, 5.74) is 0. The summed E-state index contributed by atoms with van der Waals surface area (Å²) in [5, 5.41) is 0. The van der Waals surface area contributed by atoms with Crippen molar-refractivity contribution in [1.29, 1.82) is 0 Å². The van der Waals surface area contributed by atoms with Gasteiger partial charge in [0.15, 0.2) is 0 Å². The molecule has 0 bridgehead atoms. The molecule has 1 nitrogen and oxygen atoms in total. The first-order valence-corrected chi connectivity index (χ1v) is 5.64. The monoisotopic (exact) mass is 260 g/mol. The van der Waals surface area contributed by atoms with Crippen molar-refractivity contribution in [3.8, 4) is 5.75 Å². The Balaban J connectivity index is 2.41. The predicted octanol–water partition coefficient (Wildman–Crippen LogP) is 3.39. The maximum absolute atomic E-state index is 5.54. The zero-order valence-electron chi connectivity index (χ0n) is 7.53. The molecular formula is C10H13BrOS. The molecule has 0 amide bonds. The van der Waals surface area contributed by atoms with Crippen LogP contribution < -0.4 is 4.74 Å². The van der Waals surface area contributed by atoms with E-state index in [1.165, 1.54) is 0 Å². The van der Waals surface area contributed by atoms with E-state index in [0.29, 0.717) is 5.92 Å². The second kappa shape index (κ2) is 5.55. The van der Waals surface area contributed by atoms with Crippen LogP contribution in [0, 0.1) is 5.92 Å². The molecular weight excluding hydrogens is 248 g/mol. The number of benzene rings is 1. The Kier molecular flexibility index (Phi) is 4.67. The number of ether oxygens (including phenoxy) is 1. The first-order chi connectivity index (χ1) is 6.22. The minimum Gasteiger partial charge on any atom is -0.493 e. The van der Waals surface area contributed by atoms with Gasteiger partial charge in [0.1, 0.15) is 5.75 Å². The van der Waals surface area contributed by atoms with Gasteiger partial charge in [-0.2, -0.15) is 12.6 Å². The number of hydrogen-bond acceptors (Lipinski definition) is 2. The van der Waals surface area contributed by atoms with Gasteiger partial charge in [-0.1, -0.05) is 22.9 Å². The Labute approximate surface area is 93.0 Å². The molecule has 0 fully saturated rings. The van der Waals surface area contributed by atoms with E-state index in [1.54, 1.807) is 0 Å². The second-order valence-electron chi connectivity index (χ2n) is 3.05. The summed E-state index contributed by atoms with van der Waals surface area (Å²) < 4.78 is 6.62. The van der Waals surface area contributed by atoms with Crippen LogP contribution in [0.5, 0.6) is 5.75 Å². The molecule has 0 saturated carbocycles. The molecule has 1 atom stereocenters. The van der Waals surface area contributed by atoms with Gasteiger partial charge in [0.05, 0.1) is 6.61 Å². The fourth-order valence-electron chi connectivity index (χ4n) is 0.822. The molecule has 0 aliphatic rings. The highest BCUT2D eigenvalue weighted by molar-refractivity contribution is 9.10. The fourth-order valence-corrected chi connectivity index (χ4v) is 1.19. The summed E-state index contributed by atoms with van der Waals surface area (Å²) in [6, 6.07) is 7.85. The van der Waals surface area contributed by atoms with Gasteiger partial charge in [0.2, 0.25) is 0 Å². The fraction of sp³-hybridized carbons (Fsp3) is 0.400. The molecule has 0 heterocycles. The summed E-state index contributed by atoms with van der Waals surface area (Å²) in [4.78, 5) is 0. The lowest BCUT2D eigenvalue weighted by Crippen LogP contribution is -2.09. The third kappa shape index (κ3) is 4.05. The van der Waals surface area contributed by atoms with Crippen molar-refractivity contribution in [2.24, 2.45) is 5.92 Å². The molecule has 0 aromatic heterocycles. The molecule has 1 unspecified atom stereocenters. The van der Waals surface area contributed by atoms with Crippen molar-refractivity contribution in [2.45, 2.75) is 6.92 Å². The molecule has 3 heteroatoms. The lowest BCUT2D eigenvalue weighted by molar-refractivity contribution is 0.273. The molecule has 1 aromatic carbocycles. The molecule has 0 saturated heterocycles. The van der Waals surface area contributed by atoms with E-state index in [1.807, 2.05) is 24.3 Å². The van der Waals surface area contributed by atoms with E-state index >= 15 is 0 Å². The molecule has 72 valence electrons. The smallest absolute Gasteiger partial charge is 0.119 e. The maximum atomic E-state index is 5.54. The minimum atomic E-state index is 0.493. The Hall–Kier alpha value is -0.150. The van der Waals surface area contributed by atoms with Gasteiger partial charge >= 0.3 is 0 Å². The third-order valence-corrected chi connectivity index (χ3v) is 2.81. The van der Waals surface area contributed by atoms with E-state index in [4.69, 9.17) is 4.74 Å². The third-order valence-electron chi connectivity index (χ3n) is 1.66. The average Bonchev–Trinajstić information content (AvgIpc) is 2.16. The number of halogens is 1. The number of hydrogen-bond donors (Lipinski definition) is 1. The van der Waals surface area contributed by atoms with Crippen molar-refractivity contribution in [3.63, 3.8) is 0 Å². The quantitative estimate of drug-likeness (QED) is 0.817. The minimum absolute atomic E-state index is 0.493. The highest BCUT2D eigenvalue weighted by Gasteiger charge is 1.99. The van der Waals surface area contributed by atoms with Crippen LogP contribution in [0.15, 0.2) is 28.7 Å². The Morgan fingerprint density at radius 2 is 2.00 bits per heavy atom. The lowest BCUT2D eigenvalue weighted by atomic mass is 10.2. The largest absolute Gasteiger partial charge is 0.493 e. The van der Waals surface area contributed by atoms with Crippen molar-refractivity contribution in [1.82, 2.24) is 0 Å². The zero-order chi connectivity index (χ0) is 9.68. The Bertz CT molecular complexity index is 248. The highest BCUT2D eigenvalue weighted by Crippen LogP contribution is 2.16. The summed E-state index contributed by atoms with van der Waals surface area (Å²) in [6.45, 7) is 2.84. The zero-order valence-corrected chi connectivity index (χ0v) is 10.0. The first-order valence-electron chi connectivity index (χ1n) is 4.21. The molecule has 1 aromatic rings. The summed E-state index contributed by atoms with van der Waals surface area (Å²) in [7, 11) is 0. The van der Waals surface area contributed by atoms with Gasteiger partial charge in [-0.25, -0.2) is 0 Å². The molecule has 1 rings (SSSR count). The first kappa shape index (κ1) is 10.9. The Morgan fingerprint density at radius 1 is 1.38 bits per heavy atom. The predicted molar refractivity (Wildman–Crippen MR) is 62.7 cm³/mol. The van der Waals surface area contributed by atoms with Gasteiger partial charge in [-0.05, 0) is 35.9 Å². The van der Waals surface area contributed by atoms with E-state index in [-0.39, 0.29) is 0 Å². The van der Waals surface area contributed by atoms with Crippen LogP contribution in [0.2, 0.25) is 0 Å². The van der Waals surface area contributed by atoms with Gasteiger partial charge in [-0.3, -0.25) is 0 Å². The van der Waals surface area contributed by atoms with Crippen molar-refractivity contribution < 1.29 is 4.74 Å². The second-order valence-corrected chi connectivity index (χ2v) is 4.33. The van der Waals surface area contributed by atoms with Crippen LogP contribution in [-0.4, -0.2) is 12.4 Å². The van der Waals surface area contributed by atoms with Gasteiger partial charge < -0.3 is 4.74 Å². The van der Waals surface area contributed by atoms with Crippen LogP contribution in [0.25, 0.3) is 0 Å². The van der Waals surface area contributed by atoms with Crippen molar-refractivity contribution in [2.75, 3.05) is 12.4 Å². The van der Waals surface area contributed by atoms with Crippen LogP contribution >= 0.6 is 28.6 Å². The highest BCUT2D eigenvalue weighted by atomic mass is 79.9. The maximum Gasteiger partial charge on any atom is 0.119 e. The average molecular weight is 261 g/mol. The van der Waals surface area contributed by atoms with E-state index in [0.717, 1.165) is 22.6 Å². The van der Waals surface area contributed by atoms with Gasteiger partial charge in [0, 0.05) is 4.47 Å². The normalized spacial score (nSPS) is 12.5. The van der Waals surface area contributed by atoms with Gasteiger partial charge in [0.25, 0.3) is 0 Å². The van der Waals surface area contributed by atoms with Crippen LogP contribution in [-0.2, 0) is 0 Å². The van der Waals surface area contributed by atoms with Crippen LogP contribution in [0.3, 0.4) is 0 Å². The standard InChI is InChI=1S/C10H13BrOS/c1-8(7-13)6-12-10-4-2-9(11)3-5-10/h2-5,8,13H,6-7H2,1H3. The van der Waals surface area contributed by atoms with E-state index in [2.05, 4.69) is 35.5 Å².